The zero-order valence-corrected chi connectivity index (χ0v) is 18.4. The molecule has 0 bridgehead atoms. The van der Waals surface area contributed by atoms with Crippen molar-refractivity contribution in [2.75, 3.05) is 0 Å². The number of benzene rings is 4. The van der Waals surface area contributed by atoms with Crippen molar-refractivity contribution in [3.63, 3.8) is 0 Å². The zero-order valence-electron chi connectivity index (χ0n) is 18.4. The van der Waals surface area contributed by atoms with Crippen molar-refractivity contribution >= 4 is 32.5 Å². The Labute approximate surface area is 200 Å². The summed E-state index contributed by atoms with van der Waals surface area (Å²) >= 11 is 0. The molecule has 0 radical (unpaired) electrons. The van der Waals surface area contributed by atoms with Crippen LogP contribution in [0.25, 0.3) is 55.2 Å². The summed E-state index contributed by atoms with van der Waals surface area (Å²) in [5, 5.41) is 11.8. The molecule has 0 aliphatic rings. The molecule has 0 amide bonds. The first-order valence-corrected chi connectivity index (χ1v) is 11.0. The van der Waals surface area contributed by atoms with Crippen molar-refractivity contribution in [1.82, 2.24) is 10.2 Å². The molecule has 0 saturated carbocycles. The zero-order chi connectivity index (χ0) is 25.1. The third kappa shape index (κ3) is 3.40. The van der Waals surface area contributed by atoms with Crippen molar-refractivity contribution in [1.29, 1.82) is 0 Å². The number of alkyl halides is 5. The van der Waals surface area contributed by atoms with E-state index in [-0.39, 0.29) is 11.3 Å². The molecule has 0 unspecified atom stereocenters. The third-order valence-corrected chi connectivity index (χ3v) is 6.18. The Morgan fingerprint density at radius 2 is 1.14 bits per heavy atom. The van der Waals surface area contributed by atoms with Crippen LogP contribution in [0.4, 0.5) is 22.0 Å². The highest BCUT2D eigenvalue weighted by atomic mass is 19.4. The van der Waals surface area contributed by atoms with E-state index in [1.54, 1.807) is 18.2 Å². The smallest absolute Gasteiger partial charge is 0.454 e. The number of hydrogen-bond acceptors (Lipinski definition) is 3. The van der Waals surface area contributed by atoms with E-state index in [4.69, 9.17) is 4.42 Å². The second-order valence-electron chi connectivity index (χ2n) is 8.41. The van der Waals surface area contributed by atoms with Crippen LogP contribution in [0.2, 0.25) is 0 Å². The highest BCUT2D eigenvalue weighted by Crippen LogP contribution is 2.48. The minimum absolute atomic E-state index is 0.0739. The maximum Gasteiger partial charge on any atom is 0.458 e. The predicted molar refractivity (Wildman–Crippen MR) is 128 cm³/mol. The fraction of sp³-hybridized carbons (Fsp3) is 0.0714. The fourth-order valence-corrected chi connectivity index (χ4v) is 4.44. The van der Waals surface area contributed by atoms with Crippen LogP contribution in [0.15, 0.2) is 95.4 Å². The molecule has 0 aliphatic heterocycles. The number of aromatic nitrogens is 2. The average molecular weight is 490 g/mol. The first kappa shape index (κ1) is 22.2. The molecule has 0 aliphatic carbocycles. The summed E-state index contributed by atoms with van der Waals surface area (Å²) in [6.45, 7) is 0. The Hall–Kier alpha value is -4.33. The highest BCUT2D eigenvalue weighted by Gasteiger charge is 2.59. The van der Waals surface area contributed by atoms with Crippen LogP contribution in [0.1, 0.15) is 5.56 Å². The van der Waals surface area contributed by atoms with E-state index in [1.807, 2.05) is 48.5 Å². The molecule has 0 fully saturated rings. The molecular weight excluding hydrogens is 475 g/mol. The van der Waals surface area contributed by atoms with Crippen LogP contribution in [0.3, 0.4) is 0 Å². The van der Waals surface area contributed by atoms with E-state index in [0.717, 1.165) is 28.3 Å². The molecule has 0 saturated heterocycles. The summed E-state index contributed by atoms with van der Waals surface area (Å²) in [5.41, 5.74) is -0.616. The van der Waals surface area contributed by atoms with E-state index >= 15 is 0 Å². The lowest BCUT2D eigenvalue weighted by molar-refractivity contribution is -0.289. The molecular formula is C28H15F5N2O. The second kappa shape index (κ2) is 7.84. The van der Waals surface area contributed by atoms with E-state index in [1.165, 1.54) is 12.1 Å². The lowest BCUT2D eigenvalue weighted by atomic mass is 9.94. The van der Waals surface area contributed by atoms with Crippen molar-refractivity contribution < 1.29 is 26.4 Å². The lowest BCUT2D eigenvalue weighted by Gasteiger charge is -2.22. The Kier molecular flexibility index (Phi) is 4.83. The van der Waals surface area contributed by atoms with Gasteiger partial charge in [0.1, 0.15) is 17.0 Å². The number of furan rings is 1. The number of hydrogen-bond donors (Lipinski definition) is 0. The number of para-hydroxylation sites is 1. The molecule has 178 valence electrons. The quantitative estimate of drug-likeness (QED) is 0.184. The van der Waals surface area contributed by atoms with Gasteiger partial charge in [0.15, 0.2) is 5.76 Å². The summed E-state index contributed by atoms with van der Waals surface area (Å²) in [5.74, 6) is -4.67. The van der Waals surface area contributed by atoms with Gasteiger partial charge in [-0.1, -0.05) is 66.7 Å². The van der Waals surface area contributed by atoms with Crippen LogP contribution in [-0.4, -0.2) is 16.4 Å². The van der Waals surface area contributed by atoms with E-state index in [2.05, 4.69) is 10.2 Å². The Bertz CT molecular complexity index is 1740. The van der Waals surface area contributed by atoms with Gasteiger partial charge in [0.05, 0.1) is 0 Å². The minimum Gasteiger partial charge on any atom is -0.454 e. The normalized spacial score (nSPS) is 12.6. The van der Waals surface area contributed by atoms with Crippen molar-refractivity contribution in [2.24, 2.45) is 0 Å². The number of fused-ring (bicyclic) bond motifs is 3. The van der Waals surface area contributed by atoms with Crippen LogP contribution >= 0.6 is 0 Å². The van der Waals surface area contributed by atoms with Crippen LogP contribution in [-0.2, 0) is 5.92 Å². The lowest BCUT2D eigenvalue weighted by Crippen LogP contribution is -2.34. The van der Waals surface area contributed by atoms with Gasteiger partial charge in [-0.2, -0.15) is 22.0 Å². The standard InChI is InChI=1S/C28H15F5N2O/c29-27(30,28(31,32)33)22-11-5-4-10-19(22)25-20-13-16-7-1-2-8-17(16)14-21(20)26(35-34-25)24-15-18-9-3-6-12-23(18)36-24/h1-15H. The van der Waals surface area contributed by atoms with Crippen molar-refractivity contribution in [3.8, 4) is 22.7 Å². The Morgan fingerprint density at radius 3 is 1.81 bits per heavy atom. The maximum absolute atomic E-state index is 14.5. The Morgan fingerprint density at radius 1 is 0.583 bits per heavy atom. The topological polar surface area (TPSA) is 38.9 Å². The average Bonchev–Trinajstić information content (AvgIpc) is 3.30. The summed E-state index contributed by atoms with van der Waals surface area (Å²) in [4.78, 5) is 0. The number of halogens is 5. The van der Waals surface area contributed by atoms with Gasteiger partial charge in [-0.25, -0.2) is 0 Å². The third-order valence-electron chi connectivity index (χ3n) is 6.18. The minimum atomic E-state index is -5.77. The molecule has 2 aromatic heterocycles. The SMILES string of the molecule is FC(F)(F)C(F)(F)c1ccccc1-c1nnc(-c2cc3ccccc3o2)c2cc3ccccc3cc12. The van der Waals surface area contributed by atoms with Crippen LogP contribution < -0.4 is 0 Å². The van der Waals surface area contributed by atoms with Crippen molar-refractivity contribution in [3.05, 3.63) is 96.6 Å². The van der Waals surface area contributed by atoms with Gasteiger partial charge < -0.3 is 4.42 Å². The van der Waals surface area contributed by atoms with Gasteiger partial charge >= 0.3 is 12.1 Å². The van der Waals surface area contributed by atoms with E-state index < -0.39 is 17.7 Å². The molecule has 0 atom stereocenters. The summed E-state index contributed by atoms with van der Waals surface area (Å²) in [6, 6.07) is 24.6. The predicted octanol–water partition coefficient (Wildman–Crippen LogP) is 8.52. The Balaban J connectivity index is 1.68. The molecule has 6 rings (SSSR count). The fourth-order valence-electron chi connectivity index (χ4n) is 4.44. The molecule has 0 N–H and O–H groups in total. The molecule has 6 aromatic rings. The molecule has 3 nitrogen and oxygen atoms in total. The molecule has 4 aromatic carbocycles. The van der Waals surface area contributed by atoms with Gasteiger partial charge in [0, 0.05) is 27.3 Å². The van der Waals surface area contributed by atoms with E-state index in [9.17, 15) is 22.0 Å². The molecule has 36 heavy (non-hydrogen) atoms. The first-order chi connectivity index (χ1) is 17.2. The monoisotopic (exact) mass is 490 g/mol. The van der Waals surface area contributed by atoms with E-state index in [0.29, 0.717) is 27.8 Å². The summed E-state index contributed by atoms with van der Waals surface area (Å²) in [6.07, 6.45) is -5.77. The number of rotatable bonds is 3. The molecule has 2 heterocycles. The maximum atomic E-state index is 14.5. The number of nitrogens with zero attached hydrogens (tertiary/aromatic N) is 2. The van der Waals surface area contributed by atoms with Gasteiger partial charge in [-0.05, 0) is 35.0 Å². The summed E-state index contributed by atoms with van der Waals surface area (Å²) < 4.78 is 75.0. The second-order valence-corrected chi connectivity index (χ2v) is 8.41. The van der Waals surface area contributed by atoms with Crippen LogP contribution in [0.5, 0.6) is 0 Å². The van der Waals surface area contributed by atoms with Crippen LogP contribution in [0, 0.1) is 0 Å². The highest BCUT2D eigenvalue weighted by molar-refractivity contribution is 6.08. The largest absolute Gasteiger partial charge is 0.458 e. The van der Waals surface area contributed by atoms with Gasteiger partial charge in [0.25, 0.3) is 0 Å². The molecule has 0 spiro atoms. The van der Waals surface area contributed by atoms with Gasteiger partial charge in [0.2, 0.25) is 0 Å². The van der Waals surface area contributed by atoms with Gasteiger partial charge in [-0.3, -0.25) is 0 Å². The first-order valence-electron chi connectivity index (χ1n) is 11.0. The van der Waals surface area contributed by atoms with Gasteiger partial charge in [-0.15, -0.1) is 10.2 Å². The van der Waals surface area contributed by atoms with Crippen molar-refractivity contribution in [2.45, 2.75) is 12.1 Å². The molecule has 8 heteroatoms. The summed E-state index contributed by atoms with van der Waals surface area (Å²) in [7, 11) is 0.